The van der Waals surface area contributed by atoms with Gasteiger partial charge in [0, 0.05) is 37.9 Å². The SMILES string of the molecule is CN1CCN(C(=O)/C=C/c2ccc(C(=O)O)c(=O)[nH]2)CC1. The van der Waals surface area contributed by atoms with E-state index >= 15 is 0 Å². The van der Waals surface area contributed by atoms with Gasteiger partial charge in [0.15, 0.2) is 0 Å². The summed E-state index contributed by atoms with van der Waals surface area (Å²) in [6, 6.07) is 2.68. The molecular weight excluding hydrogens is 274 g/mol. The summed E-state index contributed by atoms with van der Waals surface area (Å²) in [5, 5.41) is 8.76. The highest BCUT2D eigenvalue weighted by Crippen LogP contribution is 2.03. The Hall–Kier alpha value is -2.41. The Bertz CT molecular complexity index is 627. The first kappa shape index (κ1) is 15.0. The minimum atomic E-state index is -1.28. The van der Waals surface area contributed by atoms with Gasteiger partial charge in [-0.15, -0.1) is 0 Å². The maximum atomic E-state index is 12.0. The average Bonchev–Trinajstić information content (AvgIpc) is 2.45. The topological polar surface area (TPSA) is 93.7 Å². The van der Waals surface area contributed by atoms with E-state index in [0.717, 1.165) is 13.1 Å². The summed E-state index contributed by atoms with van der Waals surface area (Å²) in [6.07, 6.45) is 2.87. The average molecular weight is 291 g/mol. The number of carbonyl (C=O) groups excluding carboxylic acids is 1. The second kappa shape index (κ2) is 6.36. The predicted molar refractivity (Wildman–Crippen MR) is 77.1 cm³/mol. The molecule has 0 bridgehead atoms. The van der Waals surface area contributed by atoms with Gasteiger partial charge in [-0.05, 0) is 25.3 Å². The molecule has 1 fully saturated rings. The molecular formula is C14H17N3O4. The fraction of sp³-hybridized carbons (Fsp3) is 0.357. The van der Waals surface area contributed by atoms with E-state index in [1.54, 1.807) is 4.90 Å². The van der Waals surface area contributed by atoms with Crippen molar-refractivity contribution in [2.75, 3.05) is 33.2 Å². The van der Waals surface area contributed by atoms with Gasteiger partial charge in [-0.1, -0.05) is 0 Å². The quantitative estimate of drug-likeness (QED) is 0.756. The van der Waals surface area contributed by atoms with Gasteiger partial charge < -0.3 is 19.9 Å². The summed E-state index contributed by atoms with van der Waals surface area (Å²) >= 11 is 0. The molecule has 0 unspecified atom stereocenters. The molecule has 7 heteroatoms. The number of piperazine rings is 1. The molecule has 1 aromatic heterocycles. The second-order valence-corrected chi connectivity index (χ2v) is 4.92. The van der Waals surface area contributed by atoms with E-state index in [2.05, 4.69) is 9.88 Å². The summed E-state index contributed by atoms with van der Waals surface area (Å²) in [5.41, 5.74) is -0.610. The van der Waals surface area contributed by atoms with Crippen molar-refractivity contribution in [1.29, 1.82) is 0 Å². The molecule has 7 nitrogen and oxygen atoms in total. The number of aromatic nitrogens is 1. The zero-order valence-electron chi connectivity index (χ0n) is 11.7. The van der Waals surface area contributed by atoms with E-state index in [-0.39, 0.29) is 11.5 Å². The van der Waals surface area contributed by atoms with Crippen LogP contribution in [0.1, 0.15) is 16.1 Å². The van der Waals surface area contributed by atoms with E-state index in [4.69, 9.17) is 5.11 Å². The van der Waals surface area contributed by atoms with Crippen LogP contribution in [0.4, 0.5) is 0 Å². The van der Waals surface area contributed by atoms with Crippen molar-refractivity contribution in [3.05, 3.63) is 39.8 Å². The number of H-pyrrole nitrogens is 1. The molecule has 0 atom stereocenters. The van der Waals surface area contributed by atoms with Crippen molar-refractivity contribution in [1.82, 2.24) is 14.8 Å². The summed E-state index contributed by atoms with van der Waals surface area (Å²) in [6.45, 7) is 3.02. The van der Waals surface area contributed by atoms with E-state index in [0.29, 0.717) is 18.8 Å². The number of carboxylic acid groups (broad SMARTS) is 1. The van der Waals surface area contributed by atoms with Crippen LogP contribution in [0.2, 0.25) is 0 Å². The van der Waals surface area contributed by atoms with Crippen LogP contribution in [-0.4, -0.2) is 65.0 Å². The molecule has 112 valence electrons. The zero-order valence-corrected chi connectivity index (χ0v) is 11.7. The molecule has 0 saturated carbocycles. The number of nitrogens with zero attached hydrogens (tertiary/aromatic N) is 2. The fourth-order valence-electron chi connectivity index (χ4n) is 2.05. The van der Waals surface area contributed by atoms with Gasteiger partial charge in [-0.3, -0.25) is 9.59 Å². The van der Waals surface area contributed by atoms with Crippen molar-refractivity contribution in [2.24, 2.45) is 0 Å². The second-order valence-electron chi connectivity index (χ2n) is 4.92. The first-order chi connectivity index (χ1) is 9.97. The molecule has 0 spiro atoms. The largest absolute Gasteiger partial charge is 0.477 e. The number of aromatic amines is 1. The van der Waals surface area contributed by atoms with Crippen LogP contribution in [0.5, 0.6) is 0 Å². The van der Waals surface area contributed by atoms with Gasteiger partial charge in [0.2, 0.25) is 5.91 Å². The lowest BCUT2D eigenvalue weighted by Crippen LogP contribution is -2.46. The van der Waals surface area contributed by atoms with Crippen molar-refractivity contribution >= 4 is 18.0 Å². The number of hydrogen-bond donors (Lipinski definition) is 2. The normalized spacial score (nSPS) is 16.3. The fourth-order valence-corrected chi connectivity index (χ4v) is 2.05. The molecule has 0 radical (unpaired) electrons. The maximum Gasteiger partial charge on any atom is 0.341 e. The van der Waals surface area contributed by atoms with Crippen LogP contribution in [0.25, 0.3) is 6.08 Å². The third kappa shape index (κ3) is 3.79. The number of hydrogen-bond acceptors (Lipinski definition) is 4. The third-order valence-electron chi connectivity index (χ3n) is 3.38. The maximum absolute atomic E-state index is 12.0. The number of carbonyl (C=O) groups is 2. The molecule has 0 aliphatic carbocycles. The Labute approximate surface area is 121 Å². The highest BCUT2D eigenvalue weighted by atomic mass is 16.4. The lowest BCUT2D eigenvalue weighted by atomic mass is 10.2. The molecule has 1 amide bonds. The van der Waals surface area contributed by atoms with Crippen LogP contribution in [0, 0.1) is 0 Å². The number of nitrogens with one attached hydrogen (secondary N) is 1. The molecule has 2 rings (SSSR count). The first-order valence-corrected chi connectivity index (χ1v) is 6.59. The van der Waals surface area contributed by atoms with E-state index in [9.17, 15) is 14.4 Å². The standard InChI is InChI=1S/C14H17N3O4/c1-16-6-8-17(9-7-16)12(18)5-3-10-2-4-11(14(20)21)13(19)15-10/h2-5H,6-9H2,1H3,(H,15,19)(H,20,21)/b5-3+. The van der Waals surface area contributed by atoms with Crippen molar-refractivity contribution in [3.63, 3.8) is 0 Å². The van der Waals surface area contributed by atoms with Gasteiger partial charge in [0.1, 0.15) is 5.56 Å². The highest BCUT2D eigenvalue weighted by molar-refractivity contribution is 5.92. The van der Waals surface area contributed by atoms with Crippen LogP contribution in [-0.2, 0) is 4.79 Å². The molecule has 1 aliphatic heterocycles. The summed E-state index contributed by atoms with van der Waals surface area (Å²) in [7, 11) is 2.01. The van der Waals surface area contributed by atoms with Crippen molar-refractivity contribution in [2.45, 2.75) is 0 Å². The Morgan fingerprint density at radius 2 is 1.90 bits per heavy atom. The smallest absolute Gasteiger partial charge is 0.341 e. The van der Waals surface area contributed by atoms with Gasteiger partial charge in [0.25, 0.3) is 5.56 Å². The number of amides is 1. The molecule has 1 saturated heterocycles. The summed E-state index contributed by atoms with van der Waals surface area (Å²) < 4.78 is 0. The molecule has 0 aromatic carbocycles. The van der Waals surface area contributed by atoms with Crippen molar-refractivity contribution in [3.8, 4) is 0 Å². The van der Waals surface area contributed by atoms with Crippen LogP contribution in [0.15, 0.2) is 23.0 Å². The summed E-state index contributed by atoms with van der Waals surface area (Å²) in [5.74, 6) is -1.40. The first-order valence-electron chi connectivity index (χ1n) is 6.59. The Kier molecular flexibility index (Phi) is 4.54. The number of rotatable bonds is 3. The Morgan fingerprint density at radius 1 is 1.24 bits per heavy atom. The highest BCUT2D eigenvalue weighted by Gasteiger charge is 2.16. The van der Waals surface area contributed by atoms with Crippen molar-refractivity contribution < 1.29 is 14.7 Å². The number of likely N-dealkylation sites (N-methyl/N-ethyl adjacent to an activating group) is 1. The van der Waals surface area contributed by atoms with Gasteiger partial charge in [-0.25, -0.2) is 4.79 Å². The van der Waals surface area contributed by atoms with Crippen LogP contribution in [0.3, 0.4) is 0 Å². The molecule has 21 heavy (non-hydrogen) atoms. The third-order valence-corrected chi connectivity index (χ3v) is 3.38. The Balaban J connectivity index is 2.04. The zero-order chi connectivity index (χ0) is 15.4. The lowest BCUT2D eigenvalue weighted by Gasteiger charge is -2.31. The van der Waals surface area contributed by atoms with Gasteiger partial charge in [-0.2, -0.15) is 0 Å². The van der Waals surface area contributed by atoms with E-state index < -0.39 is 11.5 Å². The minimum Gasteiger partial charge on any atom is -0.477 e. The Morgan fingerprint density at radius 3 is 2.48 bits per heavy atom. The number of aromatic carboxylic acids is 1. The van der Waals surface area contributed by atoms with E-state index in [1.807, 2.05) is 7.05 Å². The van der Waals surface area contributed by atoms with Crippen LogP contribution >= 0.6 is 0 Å². The number of carboxylic acids is 1. The van der Waals surface area contributed by atoms with Crippen LogP contribution < -0.4 is 5.56 Å². The minimum absolute atomic E-state index is 0.119. The monoisotopic (exact) mass is 291 g/mol. The molecule has 1 aromatic rings. The molecule has 1 aliphatic rings. The lowest BCUT2D eigenvalue weighted by molar-refractivity contribution is -0.127. The molecule has 2 heterocycles. The predicted octanol–water partition coefficient (Wildman–Crippen LogP) is -0.140. The van der Waals surface area contributed by atoms with Gasteiger partial charge >= 0.3 is 5.97 Å². The van der Waals surface area contributed by atoms with Gasteiger partial charge in [0.05, 0.1) is 0 Å². The van der Waals surface area contributed by atoms with E-state index in [1.165, 1.54) is 24.3 Å². The summed E-state index contributed by atoms with van der Waals surface area (Å²) in [4.78, 5) is 40.5. The number of pyridine rings is 1. The molecule has 2 N–H and O–H groups in total.